The molecule has 0 rings (SSSR count). The SMILES string of the molecule is COP(OCl)N(C(C)C)C(C)C. The molecule has 0 aromatic heterocycles. The van der Waals surface area contributed by atoms with Gasteiger partial charge in [-0.3, -0.25) is 0 Å². The molecule has 0 spiro atoms. The highest BCUT2D eigenvalue weighted by molar-refractivity contribution is 7.45. The van der Waals surface area contributed by atoms with E-state index in [1.807, 2.05) is 0 Å². The van der Waals surface area contributed by atoms with Crippen molar-refractivity contribution in [3.63, 3.8) is 0 Å². The summed E-state index contributed by atoms with van der Waals surface area (Å²) in [6.45, 7) is 8.35. The second-order valence-electron chi connectivity index (χ2n) is 3.06. The van der Waals surface area contributed by atoms with Crippen LogP contribution in [0.2, 0.25) is 0 Å². The molecule has 0 heterocycles. The molecule has 0 saturated heterocycles. The maximum absolute atomic E-state index is 5.31. The fourth-order valence-corrected chi connectivity index (χ4v) is 2.58. The summed E-state index contributed by atoms with van der Waals surface area (Å²) >= 11 is 5.31. The molecule has 0 saturated carbocycles. The first kappa shape index (κ1) is 12.6. The quantitative estimate of drug-likeness (QED) is 0.655. The van der Waals surface area contributed by atoms with E-state index in [1.165, 1.54) is 0 Å². The van der Waals surface area contributed by atoms with E-state index < -0.39 is 8.53 Å². The molecule has 0 N–H and O–H groups in total. The van der Waals surface area contributed by atoms with E-state index in [0.29, 0.717) is 12.1 Å². The van der Waals surface area contributed by atoms with Gasteiger partial charge in [0.2, 0.25) is 0 Å². The topological polar surface area (TPSA) is 21.7 Å². The molecular formula is C7H17ClNO2P. The van der Waals surface area contributed by atoms with Crippen molar-refractivity contribution in [3.05, 3.63) is 0 Å². The Kier molecular flexibility index (Phi) is 6.42. The largest absolute Gasteiger partial charge is 0.324 e. The van der Waals surface area contributed by atoms with Gasteiger partial charge in [0.25, 0.3) is 8.53 Å². The lowest BCUT2D eigenvalue weighted by Crippen LogP contribution is -2.32. The first-order valence-corrected chi connectivity index (χ1v) is 5.39. The zero-order valence-corrected chi connectivity index (χ0v) is 9.89. The van der Waals surface area contributed by atoms with Crippen molar-refractivity contribution >= 4 is 20.4 Å². The van der Waals surface area contributed by atoms with E-state index in [1.54, 1.807) is 7.11 Å². The zero-order valence-electron chi connectivity index (χ0n) is 8.24. The van der Waals surface area contributed by atoms with Crippen LogP contribution in [0.5, 0.6) is 0 Å². The first-order chi connectivity index (χ1) is 5.54. The predicted molar refractivity (Wildman–Crippen MR) is 53.0 cm³/mol. The van der Waals surface area contributed by atoms with Gasteiger partial charge < -0.3 is 4.52 Å². The lowest BCUT2D eigenvalue weighted by atomic mass is 10.3. The average Bonchev–Trinajstić information content (AvgIpc) is 1.98. The van der Waals surface area contributed by atoms with Gasteiger partial charge in [-0.2, -0.15) is 0 Å². The van der Waals surface area contributed by atoms with Crippen LogP contribution < -0.4 is 0 Å². The summed E-state index contributed by atoms with van der Waals surface area (Å²) in [7, 11) is 0.503. The van der Waals surface area contributed by atoms with E-state index in [2.05, 4.69) is 32.4 Å². The highest BCUT2D eigenvalue weighted by atomic mass is 35.5. The van der Waals surface area contributed by atoms with Crippen LogP contribution in [0.3, 0.4) is 0 Å². The second-order valence-corrected chi connectivity index (χ2v) is 4.91. The molecular weight excluding hydrogens is 197 g/mol. The molecule has 0 aliphatic heterocycles. The fraction of sp³-hybridized carbons (Fsp3) is 1.00. The maximum Gasteiger partial charge on any atom is 0.277 e. The number of halogens is 1. The molecule has 0 bridgehead atoms. The minimum Gasteiger partial charge on any atom is -0.324 e. The van der Waals surface area contributed by atoms with Crippen LogP contribution in [-0.2, 0) is 8.60 Å². The van der Waals surface area contributed by atoms with Gasteiger partial charge in [-0.25, -0.2) is 8.75 Å². The molecule has 0 aromatic rings. The number of rotatable bonds is 5. The van der Waals surface area contributed by atoms with Crippen molar-refractivity contribution in [2.45, 2.75) is 39.8 Å². The van der Waals surface area contributed by atoms with Crippen LogP contribution >= 0.6 is 20.4 Å². The molecule has 1 unspecified atom stereocenters. The highest BCUT2D eigenvalue weighted by Crippen LogP contribution is 2.45. The fourth-order valence-electron chi connectivity index (χ4n) is 1.13. The molecule has 0 aromatic carbocycles. The Labute approximate surface area is 81.1 Å². The standard InChI is InChI=1S/C7H17ClNO2P/c1-6(2)9(7(3)4)12(10-5)11-8/h6-7H,1-5H3. The molecule has 12 heavy (non-hydrogen) atoms. The Morgan fingerprint density at radius 3 is 1.67 bits per heavy atom. The van der Waals surface area contributed by atoms with Gasteiger partial charge >= 0.3 is 0 Å². The number of hydrogen-bond donors (Lipinski definition) is 0. The molecule has 0 aliphatic rings. The third-order valence-electron chi connectivity index (χ3n) is 1.46. The van der Waals surface area contributed by atoms with Gasteiger partial charge in [0.1, 0.15) is 0 Å². The van der Waals surface area contributed by atoms with E-state index in [9.17, 15) is 0 Å². The summed E-state index contributed by atoms with van der Waals surface area (Å²) in [5.74, 6) is 0. The Balaban J connectivity index is 4.26. The predicted octanol–water partition coefficient (Wildman–Crippen LogP) is 3.15. The van der Waals surface area contributed by atoms with Crippen molar-refractivity contribution in [1.29, 1.82) is 0 Å². The third kappa shape index (κ3) is 3.55. The Morgan fingerprint density at radius 1 is 1.17 bits per heavy atom. The van der Waals surface area contributed by atoms with Gasteiger partial charge in [-0.05, 0) is 27.7 Å². The van der Waals surface area contributed by atoms with E-state index >= 15 is 0 Å². The number of nitrogens with zero attached hydrogens (tertiary/aromatic N) is 1. The lowest BCUT2D eigenvalue weighted by molar-refractivity contribution is 0.246. The van der Waals surface area contributed by atoms with Crippen LogP contribution in [0, 0.1) is 0 Å². The van der Waals surface area contributed by atoms with Gasteiger partial charge in [0.15, 0.2) is 0 Å². The zero-order chi connectivity index (χ0) is 9.72. The van der Waals surface area contributed by atoms with Crippen LogP contribution in [-0.4, -0.2) is 23.9 Å². The van der Waals surface area contributed by atoms with Gasteiger partial charge in [-0.1, -0.05) is 0 Å². The third-order valence-corrected chi connectivity index (χ3v) is 3.55. The molecule has 0 fully saturated rings. The van der Waals surface area contributed by atoms with Crippen LogP contribution in [0.15, 0.2) is 0 Å². The normalized spacial score (nSPS) is 14.8. The summed E-state index contributed by atoms with van der Waals surface area (Å²) in [5, 5.41) is 0. The number of hydrogen-bond acceptors (Lipinski definition) is 3. The Bertz CT molecular complexity index is 112. The summed E-state index contributed by atoms with van der Waals surface area (Å²) in [6, 6.07) is 0.740. The van der Waals surface area contributed by atoms with Crippen LogP contribution in [0.4, 0.5) is 0 Å². The maximum atomic E-state index is 5.31. The van der Waals surface area contributed by atoms with E-state index in [-0.39, 0.29) is 0 Å². The Morgan fingerprint density at radius 2 is 1.58 bits per heavy atom. The van der Waals surface area contributed by atoms with E-state index in [4.69, 9.17) is 20.5 Å². The smallest absolute Gasteiger partial charge is 0.277 e. The molecule has 0 amide bonds. The van der Waals surface area contributed by atoms with Gasteiger partial charge in [0, 0.05) is 19.2 Å². The van der Waals surface area contributed by atoms with Gasteiger partial charge in [0.05, 0.1) is 11.9 Å². The summed E-state index contributed by atoms with van der Waals surface area (Å²) in [5.41, 5.74) is 0. The molecule has 3 nitrogen and oxygen atoms in total. The highest BCUT2D eigenvalue weighted by Gasteiger charge is 2.25. The summed E-state index contributed by atoms with van der Waals surface area (Å²) in [6.07, 6.45) is 0. The molecule has 74 valence electrons. The van der Waals surface area contributed by atoms with Crippen molar-refractivity contribution in [2.75, 3.05) is 7.11 Å². The van der Waals surface area contributed by atoms with Crippen molar-refractivity contribution in [2.24, 2.45) is 0 Å². The molecule has 1 atom stereocenters. The Hall–Kier alpha value is 0.600. The molecule has 0 radical (unpaired) electrons. The minimum absolute atomic E-state index is 0.370. The monoisotopic (exact) mass is 213 g/mol. The van der Waals surface area contributed by atoms with Crippen molar-refractivity contribution in [1.82, 2.24) is 4.67 Å². The van der Waals surface area contributed by atoms with Gasteiger partial charge in [-0.15, -0.1) is 0 Å². The second kappa shape index (κ2) is 6.11. The first-order valence-electron chi connectivity index (χ1n) is 3.95. The minimum atomic E-state index is -1.10. The molecule has 5 heteroatoms. The molecule has 0 aliphatic carbocycles. The lowest BCUT2D eigenvalue weighted by Gasteiger charge is -2.32. The van der Waals surface area contributed by atoms with E-state index in [0.717, 1.165) is 0 Å². The van der Waals surface area contributed by atoms with Crippen molar-refractivity contribution < 1.29 is 8.60 Å². The average molecular weight is 214 g/mol. The summed E-state index contributed by atoms with van der Waals surface area (Å²) in [4.78, 5) is 0. The summed E-state index contributed by atoms with van der Waals surface area (Å²) < 4.78 is 11.9. The van der Waals surface area contributed by atoms with Crippen LogP contribution in [0.1, 0.15) is 27.7 Å². The van der Waals surface area contributed by atoms with Crippen molar-refractivity contribution in [3.8, 4) is 0 Å². The van der Waals surface area contributed by atoms with Crippen LogP contribution in [0.25, 0.3) is 0 Å².